The van der Waals surface area contributed by atoms with Gasteiger partial charge in [-0.25, -0.2) is 4.79 Å². The smallest absolute Gasteiger partial charge is 0.328 e. The standard InChI is InChI=1S/C26H46N10O9/c1-12(2)19(23(42)33-15(6-4-8-31-26(29)30)21(40)34-16(11-37)25(44)45)35-22(41)17-7-5-9-36(17)24(43)13(3)32-20(39)14(27)10-18(28)38/h12-17,19,37H,4-11,27H2,1-3H3,(H2,28,38)(H,32,39)(H,33,42)(H,34,40)(H,35,41)(H,44,45)(H4,29,30,31). The van der Waals surface area contributed by atoms with Gasteiger partial charge in [-0.15, -0.1) is 0 Å². The van der Waals surface area contributed by atoms with Crippen LogP contribution in [0.2, 0.25) is 0 Å². The number of amides is 6. The third-order valence-corrected chi connectivity index (χ3v) is 6.95. The lowest BCUT2D eigenvalue weighted by molar-refractivity contribution is -0.143. The Kier molecular flexibility index (Phi) is 15.7. The van der Waals surface area contributed by atoms with E-state index in [1.165, 1.54) is 11.8 Å². The van der Waals surface area contributed by atoms with Crippen molar-refractivity contribution in [1.29, 1.82) is 0 Å². The number of guanidine groups is 1. The molecule has 1 aliphatic rings. The first-order valence-corrected chi connectivity index (χ1v) is 14.4. The Morgan fingerprint density at radius 1 is 0.911 bits per heavy atom. The molecule has 0 radical (unpaired) electrons. The summed E-state index contributed by atoms with van der Waals surface area (Å²) in [4.78, 5) is 92.4. The van der Waals surface area contributed by atoms with Crippen LogP contribution in [0.25, 0.3) is 0 Å². The van der Waals surface area contributed by atoms with E-state index in [0.717, 1.165) is 0 Å². The Morgan fingerprint density at radius 2 is 1.53 bits per heavy atom. The van der Waals surface area contributed by atoms with E-state index in [1.54, 1.807) is 13.8 Å². The minimum Gasteiger partial charge on any atom is -0.480 e. The normalized spacial score (nSPS) is 17.6. The number of nitrogens with one attached hydrogen (secondary N) is 4. The number of carboxylic acids is 1. The van der Waals surface area contributed by atoms with Crippen molar-refractivity contribution < 1.29 is 43.8 Å². The number of nitrogens with zero attached hydrogens (tertiary/aromatic N) is 2. The van der Waals surface area contributed by atoms with Crippen molar-refractivity contribution in [3.8, 4) is 0 Å². The van der Waals surface area contributed by atoms with Crippen molar-refractivity contribution in [1.82, 2.24) is 26.2 Å². The summed E-state index contributed by atoms with van der Waals surface area (Å²) < 4.78 is 0. The Bertz CT molecular complexity index is 1130. The number of primary amides is 1. The fourth-order valence-corrected chi connectivity index (χ4v) is 4.52. The number of hydrogen-bond donors (Lipinski definition) is 10. The number of aliphatic imine (C=N–C) groups is 1. The Morgan fingerprint density at radius 3 is 2.07 bits per heavy atom. The summed E-state index contributed by atoms with van der Waals surface area (Å²) >= 11 is 0. The highest BCUT2D eigenvalue weighted by Gasteiger charge is 2.39. The van der Waals surface area contributed by atoms with E-state index in [1.807, 2.05) is 0 Å². The summed E-state index contributed by atoms with van der Waals surface area (Å²) in [7, 11) is 0. The monoisotopic (exact) mass is 642 g/mol. The number of carbonyl (C=O) groups excluding carboxylic acids is 6. The molecule has 0 aromatic rings. The van der Waals surface area contributed by atoms with Gasteiger partial charge in [-0.2, -0.15) is 0 Å². The molecule has 1 aliphatic heterocycles. The van der Waals surface area contributed by atoms with Gasteiger partial charge >= 0.3 is 5.97 Å². The number of nitrogens with two attached hydrogens (primary N) is 4. The van der Waals surface area contributed by atoms with Gasteiger partial charge in [0, 0.05) is 13.1 Å². The maximum atomic E-state index is 13.4. The molecule has 0 aliphatic carbocycles. The number of aliphatic carboxylic acids is 1. The van der Waals surface area contributed by atoms with Crippen LogP contribution >= 0.6 is 0 Å². The molecule has 0 saturated carbocycles. The Labute approximate surface area is 260 Å². The zero-order valence-electron chi connectivity index (χ0n) is 25.7. The molecule has 254 valence electrons. The molecule has 0 spiro atoms. The molecule has 0 aromatic heterocycles. The summed E-state index contributed by atoms with van der Waals surface area (Å²) in [5, 5.41) is 28.2. The summed E-state index contributed by atoms with van der Waals surface area (Å²) in [6.45, 7) is 4.12. The van der Waals surface area contributed by atoms with E-state index in [2.05, 4.69) is 26.3 Å². The van der Waals surface area contributed by atoms with Gasteiger partial charge < -0.3 is 59.3 Å². The first-order valence-electron chi connectivity index (χ1n) is 14.4. The van der Waals surface area contributed by atoms with Crippen LogP contribution in [0.4, 0.5) is 0 Å². The van der Waals surface area contributed by atoms with Crippen molar-refractivity contribution in [3.05, 3.63) is 0 Å². The highest BCUT2D eigenvalue weighted by Crippen LogP contribution is 2.19. The molecule has 6 amide bonds. The molecule has 1 fully saturated rings. The van der Waals surface area contributed by atoms with E-state index in [4.69, 9.17) is 22.9 Å². The van der Waals surface area contributed by atoms with Gasteiger partial charge in [0.1, 0.15) is 30.2 Å². The molecule has 6 atom stereocenters. The molecular formula is C26H46N10O9. The Balaban J connectivity index is 3.02. The average molecular weight is 643 g/mol. The third kappa shape index (κ3) is 12.5. The largest absolute Gasteiger partial charge is 0.480 e. The minimum atomic E-state index is -1.62. The van der Waals surface area contributed by atoms with Crippen molar-refractivity contribution in [2.75, 3.05) is 19.7 Å². The molecule has 19 heteroatoms. The highest BCUT2D eigenvalue weighted by molar-refractivity contribution is 5.97. The predicted octanol–water partition coefficient (Wildman–Crippen LogP) is -5.07. The van der Waals surface area contributed by atoms with Gasteiger partial charge in [-0.05, 0) is 38.5 Å². The third-order valence-electron chi connectivity index (χ3n) is 6.95. The molecule has 6 unspecified atom stereocenters. The van der Waals surface area contributed by atoms with Gasteiger partial charge in [0.15, 0.2) is 5.96 Å². The van der Waals surface area contributed by atoms with Gasteiger partial charge in [0.25, 0.3) is 0 Å². The van der Waals surface area contributed by atoms with Crippen molar-refractivity contribution in [2.24, 2.45) is 33.8 Å². The molecule has 0 bridgehead atoms. The van der Waals surface area contributed by atoms with Crippen LogP contribution in [0, 0.1) is 5.92 Å². The molecular weight excluding hydrogens is 596 g/mol. The fourth-order valence-electron chi connectivity index (χ4n) is 4.52. The van der Waals surface area contributed by atoms with Crippen LogP contribution in [0.15, 0.2) is 4.99 Å². The van der Waals surface area contributed by atoms with Crippen LogP contribution in [-0.2, 0) is 33.6 Å². The van der Waals surface area contributed by atoms with Gasteiger partial charge in [0.2, 0.25) is 35.4 Å². The maximum Gasteiger partial charge on any atom is 0.328 e. The van der Waals surface area contributed by atoms with Crippen LogP contribution in [0.1, 0.15) is 52.9 Å². The zero-order valence-corrected chi connectivity index (χ0v) is 25.7. The second-order valence-electron chi connectivity index (χ2n) is 11.0. The van der Waals surface area contributed by atoms with Crippen molar-refractivity contribution in [3.63, 3.8) is 0 Å². The molecule has 1 saturated heterocycles. The van der Waals surface area contributed by atoms with E-state index in [0.29, 0.717) is 6.42 Å². The lowest BCUT2D eigenvalue weighted by atomic mass is 10.0. The molecule has 19 nitrogen and oxygen atoms in total. The summed E-state index contributed by atoms with van der Waals surface area (Å²) in [5.74, 6) is -6.57. The minimum absolute atomic E-state index is 0.0114. The van der Waals surface area contributed by atoms with E-state index in [9.17, 15) is 43.8 Å². The number of carboxylic acid groups (broad SMARTS) is 1. The van der Waals surface area contributed by atoms with Crippen LogP contribution in [0.5, 0.6) is 0 Å². The second-order valence-corrected chi connectivity index (χ2v) is 11.0. The van der Waals surface area contributed by atoms with Crippen LogP contribution in [0.3, 0.4) is 0 Å². The number of aliphatic hydroxyl groups excluding tert-OH is 1. The summed E-state index contributed by atoms with van der Waals surface area (Å²) in [6, 6.07) is -7.36. The van der Waals surface area contributed by atoms with Crippen molar-refractivity contribution >= 4 is 47.4 Å². The first-order chi connectivity index (χ1) is 21.0. The number of carbonyl (C=O) groups is 7. The van der Waals surface area contributed by atoms with Gasteiger partial charge in [-0.1, -0.05) is 13.8 Å². The summed E-state index contributed by atoms with van der Waals surface area (Å²) in [5.41, 5.74) is 21.3. The van der Waals surface area contributed by atoms with Gasteiger partial charge in [-0.3, -0.25) is 33.8 Å². The average Bonchev–Trinajstić information content (AvgIpc) is 3.44. The maximum absolute atomic E-state index is 13.4. The molecule has 14 N–H and O–H groups in total. The van der Waals surface area contributed by atoms with Crippen LogP contribution in [-0.4, -0.2) is 118 Å². The molecule has 0 aromatic carbocycles. The van der Waals surface area contributed by atoms with E-state index in [-0.39, 0.29) is 38.3 Å². The topological polar surface area (TPSA) is 328 Å². The SMILES string of the molecule is CC(NC(=O)C(N)CC(N)=O)C(=O)N1CCCC1C(=O)NC(C(=O)NC(CCCN=C(N)N)C(=O)NC(CO)C(=O)O)C(C)C. The Hall–Kier alpha value is -4.52. The zero-order chi connectivity index (χ0) is 34.4. The quantitative estimate of drug-likeness (QED) is 0.0381. The highest BCUT2D eigenvalue weighted by atomic mass is 16.4. The number of likely N-dealkylation sites (tertiary alicyclic amines) is 1. The van der Waals surface area contributed by atoms with E-state index >= 15 is 0 Å². The lowest BCUT2D eigenvalue weighted by Gasteiger charge is -2.30. The van der Waals surface area contributed by atoms with Gasteiger partial charge in [0.05, 0.1) is 19.1 Å². The fraction of sp³-hybridized carbons (Fsp3) is 0.692. The number of hydrogen-bond acceptors (Lipinski definition) is 10. The predicted molar refractivity (Wildman–Crippen MR) is 159 cm³/mol. The summed E-state index contributed by atoms with van der Waals surface area (Å²) in [6.07, 6.45) is 0.535. The molecule has 1 heterocycles. The first kappa shape index (κ1) is 38.5. The molecule has 45 heavy (non-hydrogen) atoms. The number of aliphatic hydroxyl groups is 1. The van der Waals surface area contributed by atoms with Crippen molar-refractivity contribution in [2.45, 2.75) is 89.1 Å². The lowest BCUT2D eigenvalue weighted by Crippen LogP contribution is -2.60. The molecule has 1 rings (SSSR count). The van der Waals surface area contributed by atoms with Crippen LogP contribution < -0.4 is 44.2 Å². The van der Waals surface area contributed by atoms with E-state index < -0.39 is 96.6 Å². The number of rotatable bonds is 18. The second kappa shape index (κ2) is 18.3.